The molecule has 2 fully saturated rings. The number of likely N-dealkylation sites (tertiary alicyclic amines) is 1. The van der Waals surface area contributed by atoms with Crippen LogP contribution in [0.4, 0.5) is 10.5 Å². The SMILES string of the molecule is O=C(Nc1ccc(S(=O)(=O)N2CCCC2)cc1)N1CCCCC1. The van der Waals surface area contributed by atoms with E-state index in [0.29, 0.717) is 18.8 Å². The van der Waals surface area contributed by atoms with E-state index in [-0.39, 0.29) is 10.9 Å². The van der Waals surface area contributed by atoms with E-state index in [0.717, 1.165) is 38.8 Å². The Morgan fingerprint density at radius 3 is 2.04 bits per heavy atom. The van der Waals surface area contributed by atoms with Gasteiger partial charge in [-0.25, -0.2) is 13.2 Å². The Labute approximate surface area is 137 Å². The van der Waals surface area contributed by atoms with Crippen molar-refractivity contribution < 1.29 is 13.2 Å². The molecule has 23 heavy (non-hydrogen) atoms. The molecule has 0 atom stereocenters. The first-order chi connectivity index (χ1) is 11.1. The zero-order chi connectivity index (χ0) is 16.3. The summed E-state index contributed by atoms with van der Waals surface area (Å²) in [5.41, 5.74) is 0.626. The summed E-state index contributed by atoms with van der Waals surface area (Å²) in [5.74, 6) is 0. The monoisotopic (exact) mass is 337 g/mol. The van der Waals surface area contributed by atoms with Gasteiger partial charge in [-0.2, -0.15) is 4.31 Å². The van der Waals surface area contributed by atoms with Gasteiger partial charge >= 0.3 is 6.03 Å². The van der Waals surface area contributed by atoms with Crippen LogP contribution in [0, 0.1) is 0 Å². The van der Waals surface area contributed by atoms with Gasteiger partial charge in [0.15, 0.2) is 0 Å². The average molecular weight is 337 g/mol. The number of piperidine rings is 1. The molecular formula is C16H23N3O3S. The van der Waals surface area contributed by atoms with Crippen LogP contribution in [-0.2, 0) is 10.0 Å². The molecule has 126 valence electrons. The molecular weight excluding hydrogens is 314 g/mol. The summed E-state index contributed by atoms with van der Waals surface area (Å²) in [6.07, 6.45) is 5.10. The Balaban J connectivity index is 1.66. The second-order valence-electron chi connectivity index (χ2n) is 6.11. The molecule has 2 aliphatic heterocycles. The van der Waals surface area contributed by atoms with E-state index in [2.05, 4.69) is 5.32 Å². The van der Waals surface area contributed by atoms with Crippen LogP contribution in [0.5, 0.6) is 0 Å². The first kappa shape index (κ1) is 16.3. The van der Waals surface area contributed by atoms with Crippen molar-refractivity contribution in [3.63, 3.8) is 0 Å². The van der Waals surface area contributed by atoms with Gasteiger partial charge < -0.3 is 10.2 Å². The maximum atomic E-state index is 12.4. The predicted octanol–water partition coefficient (Wildman–Crippen LogP) is 2.49. The van der Waals surface area contributed by atoms with Crippen molar-refractivity contribution >= 4 is 21.7 Å². The number of carbonyl (C=O) groups excluding carboxylic acids is 1. The first-order valence-corrected chi connectivity index (χ1v) is 9.67. The van der Waals surface area contributed by atoms with Gasteiger partial charge in [0.2, 0.25) is 10.0 Å². The van der Waals surface area contributed by atoms with Gasteiger partial charge in [0.25, 0.3) is 0 Å². The lowest BCUT2D eigenvalue weighted by Gasteiger charge is -2.26. The van der Waals surface area contributed by atoms with Gasteiger partial charge in [-0.05, 0) is 56.4 Å². The largest absolute Gasteiger partial charge is 0.325 e. The van der Waals surface area contributed by atoms with Crippen molar-refractivity contribution in [1.82, 2.24) is 9.21 Å². The van der Waals surface area contributed by atoms with E-state index >= 15 is 0 Å². The number of hydrogen-bond acceptors (Lipinski definition) is 3. The lowest BCUT2D eigenvalue weighted by molar-refractivity contribution is 0.200. The van der Waals surface area contributed by atoms with Gasteiger partial charge in [-0.1, -0.05) is 0 Å². The number of nitrogens with zero attached hydrogens (tertiary/aromatic N) is 2. The van der Waals surface area contributed by atoms with Crippen molar-refractivity contribution in [2.45, 2.75) is 37.0 Å². The van der Waals surface area contributed by atoms with Gasteiger partial charge in [0.1, 0.15) is 0 Å². The number of rotatable bonds is 3. The van der Waals surface area contributed by atoms with Crippen LogP contribution in [0.2, 0.25) is 0 Å². The summed E-state index contributed by atoms with van der Waals surface area (Å²) >= 11 is 0. The van der Waals surface area contributed by atoms with Crippen molar-refractivity contribution in [3.8, 4) is 0 Å². The molecule has 1 aromatic carbocycles. The molecule has 0 saturated carbocycles. The van der Waals surface area contributed by atoms with Crippen molar-refractivity contribution in [2.75, 3.05) is 31.5 Å². The summed E-state index contributed by atoms with van der Waals surface area (Å²) in [7, 11) is -3.39. The van der Waals surface area contributed by atoms with E-state index < -0.39 is 10.0 Å². The minimum atomic E-state index is -3.39. The third-order valence-electron chi connectivity index (χ3n) is 4.45. The lowest BCUT2D eigenvalue weighted by Crippen LogP contribution is -2.38. The molecule has 1 N–H and O–H groups in total. The minimum absolute atomic E-state index is 0.111. The highest BCUT2D eigenvalue weighted by Gasteiger charge is 2.27. The molecule has 0 aromatic heterocycles. The normalized spacial score (nSPS) is 19.7. The fraction of sp³-hybridized carbons (Fsp3) is 0.562. The number of benzene rings is 1. The van der Waals surface area contributed by atoms with Crippen LogP contribution in [0.1, 0.15) is 32.1 Å². The van der Waals surface area contributed by atoms with Gasteiger partial charge in [0.05, 0.1) is 4.90 Å². The summed E-state index contributed by atoms with van der Waals surface area (Å²) in [6.45, 7) is 2.76. The molecule has 7 heteroatoms. The van der Waals surface area contributed by atoms with E-state index in [1.54, 1.807) is 29.2 Å². The molecule has 2 saturated heterocycles. The predicted molar refractivity (Wildman–Crippen MR) is 88.9 cm³/mol. The van der Waals surface area contributed by atoms with Crippen LogP contribution in [0.15, 0.2) is 29.2 Å². The molecule has 2 amide bonds. The van der Waals surface area contributed by atoms with Crippen molar-refractivity contribution in [1.29, 1.82) is 0 Å². The minimum Gasteiger partial charge on any atom is -0.325 e. The van der Waals surface area contributed by atoms with E-state index in [1.165, 1.54) is 10.7 Å². The number of sulfonamides is 1. The van der Waals surface area contributed by atoms with E-state index in [9.17, 15) is 13.2 Å². The van der Waals surface area contributed by atoms with Crippen molar-refractivity contribution in [2.24, 2.45) is 0 Å². The highest BCUT2D eigenvalue weighted by molar-refractivity contribution is 7.89. The Morgan fingerprint density at radius 2 is 1.43 bits per heavy atom. The first-order valence-electron chi connectivity index (χ1n) is 8.23. The van der Waals surface area contributed by atoms with Crippen LogP contribution in [-0.4, -0.2) is 49.8 Å². The molecule has 3 rings (SSSR count). The third kappa shape index (κ3) is 3.67. The Hall–Kier alpha value is -1.60. The van der Waals surface area contributed by atoms with Gasteiger partial charge in [-0.15, -0.1) is 0 Å². The Kier molecular flexibility index (Phi) is 4.87. The molecule has 1 aromatic rings. The molecule has 0 radical (unpaired) electrons. The second kappa shape index (κ2) is 6.88. The standard InChI is InChI=1S/C16H23N3O3S/c20-16(18-10-2-1-3-11-18)17-14-6-8-15(9-7-14)23(21,22)19-12-4-5-13-19/h6-9H,1-5,10-13H2,(H,17,20). The summed E-state index contributed by atoms with van der Waals surface area (Å²) in [4.78, 5) is 14.2. The van der Waals surface area contributed by atoms with Crippen LogP contribution in [0.3, 0.4) is 0 Å². The van der Waals surface area contributed by atoms with Crippen LogP contribution < -0.4 is 5.32 Å². The van der Waals surface area contributed by atoms with Crippen LogP contribution in [0.25, 0.3) is 0 Å². The quantitative estimate of drug-likeness (QED) is 0.921. The zero-order valence-corrected chi connectivity index (χ0v) is 14.0. The molecule has 0 bridgehead atoms. The Morgan fingerprint density at radius 1 is 0.870 bits per heavy atom. The highest BCUT2D eigenvalue weighted by Crippen LogP contribution is 2.22. The maximum Gasteiger partial charge on any atom is 0.321 e. The Bertz CT molecular complexity index is 646. The maximum absolute atomic E-state index is 12.4. The number of carbonyl (C=O) groups is 1. The van der Waals surface area contributed by atoms with Gasteiger partial charge in [-0.3, -0.25) is 0 Å². The molecule has 6 nitrogen and oxygen atoms in total. The number of amides is 2. The summed E-state index contributed by atoms with van der Waals surface area (Å²) in [5, 5.41) is 2.84. The number of urea groups is 1. The molecule has 0 spiro atoms. The zero-order valence-electron chi connectivity index (χ0n) is 13.2. The molecule has 2 aliphatic rings. The molecule has 2 heterocycles. The molecule has 0 unspecified atom stereocenters. The lowest BCUT2D eigenvalue weighted by atomic mass is 10.1. The highest BCUT2D eigenvalue weighted by atomic mass is 32.2. The summed E-state index contributed by atoms with van der Waals surface area (Å²) < 4.78 is 26.4. The number of nitrogens with one attached hydrogen (secondary N) is 1. The number of hydrogen-bond donors (Lipinski definition) is 1. The fourth-order valence-electron chi connectivity index (χ4n) is 3.09. The molecule has 0 aliphatic carbocycles. The van der Waals surface area contributed by atoms with Gasteiger partial charge in [0, 0.05) is 31.9 Å². The van der Waals surface area contributed by atoms with E-state index in [1.807, 2.05) is 0 Å². The fourth-order valence-corrected chi connectivity index (χ4v) is 4.60. The number of anilines is 1. The third-order valence-corrected chi connectivity index (χ3v) is 6.36. The summed E-state index contributed by atoms with van der Waals surface area (Å²) in [6, 6.07) is 6.34. The average Bonchev–Trinajstić information content (AvgIpc) is 3.11. The van der Waals surface area contributed by atoms with Crippen molar-refractivity contribution in [3.05, 3.63) is 24.3 Å². The van der Waals surface area contributed by atoms with E-state index in [4.69, 9.17) is 0 Å². The van der Waals surface area contributed by atoms with Crippen LogP contribution >= 0.6 is 0 Å². The topological polar surface area (TPSA) is 69.7 Å². The smallest absolute Gasteiger partial charge is 0.321 e. The second-order valence-corrected chi connectivity index (χ2v) is 8.05.